The summed E-state index contributed by atoms with van der Waals surface area (Å²) in [6.07, 6.45) is 3.16. The van der Waals surface area contributed by atoms with Crippen LogP contribution in [0.3, 0.4) is 0 Å². The number of nitriles is 1. The molecule has 31 heavy (non-hydrogen) atoms. The van der Waals surface area contributed by atoms with E-state index in [1.165, 1.54) is 7.11 Å². The summed E-state index contributed by atoms with van der Waals surface area (Å²) in [7, 11) is 1.51. The highest BCUT2D eigenvalue weighted by molar-refractivity contribution is 5.88. The molecule has 1 fully saturated rings. The molecule has 1 atom stereocenters. The molecule has 7 nitrogen and oxygen atoms in total. The van der Waals surface area contributed by atoms with Crippen LogP contribution in [0.2, 0.25) is 0 Å². The summed E-state index contributed by atoms with van der Waals surface area (Å²) in [5.41, 5.74) is 1.48. The van der Waals surface area contributed by atoms with Crippen molar-refractivity contribution in [3.8, 4) is 17.6 Å². The predicted octanol–water partition coefficient (Wildman–Crippen LogP) is 2.73. The van der Waals surface area contributed by atoms with Gasteiger partial charge in [0.1, 0.15) is 6.04 Å². The van der Waals surface area contributed by atoms with E-state index in [1.807, 2.05) is 30.3 Å². The van der Waals surface area contributed by atoms with Crippen molar-refractivity contribution in [3.63, 3.8) is 0 Å². The Bertz CT molecular complexity index is 936. The second-order valence-electron chi connectivity index (χ2n) is 7.52. The van der Waals surface area contributed by atoms with E-state index in [0.29, 0.717) is 36.5 Å². The molecule has 7 heteroatoms. The van der Waals surface area contributed by atoms with Gasteiger partial charge in [-0.05, 0) is 37.0 Å². The second-order valence-corrected chi connectivity index (χ2v) is 7.52. The Morgan fingerprint density at radius 3 is 2.61 bits per heavy atom. The Kier molecular flexibility index (Phi) is 7.88. The summed E-state index contributed by atoms with van der Waals surface area (Å²) in [4.78, 5) is 25.0. The van der Waals surface area contributed by atoms with Crippen LogP contribution in [0.4, 0.5) is 0 Å². The van der Waals surface area contributed by atoms with Crippen LogP contribution in [-0.2, 0) is 16.0 Å². The minimum Gasteiger partial charge on any atom is -0.493 e. The number of rotatable bonds is 11. The Labute approximate surface area is 182 Å². The number of benzene rings is 2. The van der Waals surface area contributed by atoms with Gasteiger partial charge in [-0.15, -0.1) is 0 Å². The van der Waals surface area contributed by atoms with Crippen LogP contribution in [0.15, 0.2) is 48.5 Å². The average molecular weight is 421 g/mol. The third-order valence-corrected chi connectivity index (χ3v) is 4.96. The fourth-order valence-corrected chi connectivity index (χ4v) is 3.13. The van der Waals surface area contributed by atoms with E-state index in [9.17, 15) is 9.59 Å². The van der Waals surface area contributed by atoms with Crippen molar-refractivity contribution >= 4 is 11.8 Å². The normalized spacial score (nSPS) is 13.5. The first kappa shape index (κ1) is 22.2. The molecule has 0 spiro atoms. The lowest BCUT2D eigenvalue weighted by atomic mass is 10.0. The maximum atomic E-state index is 12.6. The molecule has 162 valence electrons. The molecule has 2 aromatic rings. The predicted molar refractivity (Wildman–Crippen MR) is 116 cm³/mol. The van der Waals surface area contributed by atoms with Gasteiger partial charge in [-0.1, -0.05) is 30.3 Å². The third kappa shape index (κ3) is 7.03. The van der Waals surface area contributed by atoms with Gasteiger partial charge in [-0.25, -0.2) is 0 Å². The van der Waals surface area contributed by atoms with Gasteiger partial charge in [-0.3, -0.25) is 9.59 Å². The fourth-order valence-electron chi connectivity index (χ4n) is 3.13. The maximum absolute atomic E-state index is 12.6. The zero-order chi connectivity index (χ0) is 22.1. The van der Waals surface area contributed by atoms with E-state index >= 15 is 0 Å². The van der Waals surface area contributed by atoms with Crippen LogP contribution in [0.5, 0.6) is 11.5 Å². The molecule has 2 N–H and O–H groups in total. The van der Waals surface area contributed by atoms with E-state index < -0.39 is 6.04 Å². The molecule has 1 saturated carbocycles. The van der Waals surface area contributed by atoms with E-state index in [0.717, 1.165) is 18.4 Å². The molecule has 0 saturated heterocycles. The molecule has 0 bridgehead atoms. The number of nitrogens with zero attached hydrogens (tertiary/aromatic N) is 1. The smallest absolute Gasteiger partial charge is 0.243 e. The van der Waals surface area contributed by atoms with Crippen LogP contribution in [0, 0.1) is 11.3 Å². The number of amides is 2. The number of ether oxygens (including phenoxy) is 2. The van der Waals surface area contributed by atoms with E-state index in [-0.39, 0.29) is 24.3 Å². The molecule has 0 aliphatic heterocycles. The van der Waals surface area contributed by atoms with Gasteiger partial charge in [0.15, 0.2) is 11.5 Å². The summed E-state index contributed by atoms with van der Waals surface area (Å²) in [6.45, 7) is 0.313. The summed E-state index contributed by atoms with van der Waals surface area (Å²) < 4.78 is 10.9. The Morgan fingerprint density at radius 2 is 1.94 bits per heavy atom. The lowest BCUT2D eigenvalue weighted by Crippen LogP contribution is -2.48. The van der Waals surface area contributed by atoms with Crippen LogP contribution in [-0.4, -0.2) is 37.6 Å². The molecular weight excluding hydrogens is 394 g/mol. The van der Waals surface area contributed by atoms with E-state index in [2.05, 4.69) is 16.7 Å². The average Bonchev–Trinajstić information content (AvgIpc) is 3.61. The quantitative estimate of drug-likeness (QED) is 0.544. The van der Waals surface area contributed by atoms with Crippen molar-refractivity contribution in [1.82, 2.24) is 10.6 Å². The van der Waals surface area contributed by atoms with Crippen LogP contribution in [0.1, 0.15) is 36.8 Å². The van der Waals surface area contributed by atoms with Gasteiger partial charge >= 0.3 is 0 Å². The molecule has 0 heterocycles. The number of nitrogens with one attached hydrogen (secondary N) is 2. The van der Waals surface area contributed by atoms with Crippen LogP contribution < -0.4 is 20.1 Å². The Morgan fingerprint density at radius 1 is 1.16 bits per heavy atom. The molecule has 1 aliphatic carbocycles. The number of carbonyl (C=O) groups excluding carboxylic acids is 2. The molecular formula is C24H27N3O4. The van der Waals surface area contributed by atoms with Crippen molar-refractivity contribution in [1.29, 1.82) is 5.26 Å². The van der Waals surface area contributed by atoms with Crippen LogP contribution >= 0.6 is 0 Å². The highest BCUT2D eigenvalue weighted by Crippen LogP contribution is 2.28. The summed E-state index contributed by atoms with van der Waals surface area (Å²) in [5, 5.41) is 14.8. The zero-order valence-electron chi connectivity index (χ0n) is 17.6. The first-order valence-corrected chi connectivity index (χ1v) is 10.4. The highest BCUT2D eigenvalue weighted by Gasteiger charge is 2.28. The minimum absolute atomic E-state index is 0.140. The monoisotopic (exact) mass is 421 g/mol. The van der Waals surface area contributed by atoms with Crippen molar-refractivity contribution in [2.24, 2.45) is 0 Å². The first-order valence-electron chi connectivity index (χ1n) is 10.4. The topological polar surface area (TPSA) is 100 Å². The lowest BCUT2D eigenvalue weighted by molar-refractivity contribution is -0.129. The number of methoxy groups -OCH3 is 1. The van der Waals surface area contributed by atoms with Gasteiger partial charge < -0.3 is 20.1 Å². The Hall–Kier alpha value is -3.53. The molecule has 0 aromatic heterocycles. The van der Waals surface area contributed by atoms with Crippen molar-refractivity contribution in [2.75, 3.05) is 13.7 Å². The van der Waals surface area contributed by atoms with Gasteiger partial charge in [-0.2, -0.15) is 5.26 Å². The summed E-state index contributed by atoms with van der Waals surface area (Å²) >= 11 is 0. The summed E-state index contributed by atoms with van der Waals surface area (Å²) in [6, 6.07) is 16.3. The van der Waals surface area contributed by atoms with Gasteiger partial charge in [0, 0.05) is 24.9 Å². The third-order valence-electron chi connectivity index (χ3n) is 4.96. The van der Waals surface area contributed by atoms with Gasteiger partial charge in [0.2, 0.25) is 11.8 Å². The molecule has 3 rings (SSSR count). The number of carbonyl (C=O) groups is 2. The minimum atomic E-state index is -0.602. The van der Waals surface area contributed by atoms with Crippen molar-refractivity contribution < 1.29 is 19.1 Å². The zero-order valence-corrected chi connectivity index (χ0v) is 17.6. The van der Waals surface area contributed by atoms with Gasteiger partial charge in [0.05, 0.1) is 25.3 Å². The van der Waals surface area contributed by atoms with Gasteiger partial charge in [0.25, 0.3) is 0 Å². The largest absolute Gasteiger partial charge is 0.493 e. The van der Waals surface area contributed by atoms with Crippen LogP contribution in [0.25, 0.3) is 0 Å². The standard InChI is InChI=1S/C24H27N3O4/c1-30-22-15-18(16-25)9-12-21(22)31-13-5-8-23(28)27-20(24(29)26-19-10-11-19)14-17-6-3-2-4-7-17/h2-4,6-7,9,12,15,19-20H,5,8,10-11,13-14H2,1H3,(H,26,29)(H,27,28). The van der Waals surface area contributed by atoms with E-state index in [4.69, 9.17) is 14.7 Å². The molecule has 1 unspecified atom stereocenters. The fraction of sp³-hybridized carbons (Fsp3) is 0.375. The number of hydrogen-bond acceptors (Lipinski definition) is 5. The molecule has 2 aromatic carbocycles. The molecule has 1 aliphatic rings. The first-order chi connectivity index (χ1) is 15.1. The molecule has 0 radical (unpaired) electrons. The van der Waals surface area contributed by atoms with E-state index in [1.54, 1.807) is 18.2 Å². The summed E-state index contributed by atoms with van der Waals surface area (Å²) in [5.74, 6) is 0.663. The SMILES string of the molecule is COc1cc(C#N)ccc1OCCCC(=O)NC(Cc1ccccc1)C(=O)NC1CC1. The highest BCUT2D eigenvalue weighted by atomic mass is 16.5. The van der Waals surface area contributed by atoms with Crippen molar-refractivity contribution in [2.45, 2.75) is 44.2 Å². The number of hydrogen-bond donors (Lipinski definition) is 2. The molecule has 2 amide bonds. The van der Waals surface area contributed by atoms with Crippen molar-refractivity contribution in [3.05, 3.63) is 59.7 Å². The maximum Gasteiger partial charge on any atom is 0.243 e. The Balaban J connectivity index is 1.48. The second kappa shape index (κ2) is 11.0. The lowest BCUT2D eigenvalue weighted by Gasteiger charge is -2.19.